The lowest BCUT2D eigenvalue weighted by Crippen LogP contribution is -2.38. The summed E-state index contributed by atoms with van der Waals surface area (Å²) in [6.45, 7) is 8.55. The molecule has 6 heteroatoms. The summed E-state index contributed by atoms with van der Waals surface area (Å²) in [6.07, 6.45) is 1.62. The van der Waals surface area contributed by atoms with Crippen LogP contribution in [0, 0.1) is 5.92 Å². The highest BCUT2D eigenvalue weighted by molar-refractivity contribution is 7.90. The molecular weight excluding hydrogens is 322 g/mol. The zero-order valence-electron chi connectivity index (χ0n) is 15.1. The predicted octanol–water partition coefficient (Wildman–Crippen LogP) is 2.59. The third-order valence-corrected chi connectivity index (χ3v) is 5.15. The van der Waals surface area contributed by atoms with E-state index in [1.807, 2.05) is 37.3 Å². The second-order valence-electron chi connectivity index (χ2n) is 6.30. The summed E-state index contributed by atoms with van der Waals surface area (Å²) in [5.74, 6) is 1.67. The maximum Gasteiger partial charge on any atom is 0.191 e. The van der Waals surface area contributed by atoms with E-state index in [0.717, 1.165) is 31.0 Å². The largest absolute Gasteiger partial charge is 0.357 e. The first-order valence-corrected chi connectivity index (χ1v) is 10.5. The molecule has 1 aromatic rings. The molecule has 0 amide bonds. The number of nitrogens with zero attached hydrogens (tertiary/aromatic N) is 1. The zero-order chi connectivity index (χ0) is 17.8. The van der Waals surface area contributed by atoms with Gasteiger partial charge in [-0.1, -0.05) is 44.2 Å². The van der Waals surface area contributed by atoms with Gasteiger partial charge < -0.3 is 10.6 Å². The van der Waals surface area contributed by atoms with E-state index in [0.29, 0.717) is 18.9 Å². The van der Waals surface area contributed by atoms with E-state index in [4.69, 9.17) is 0 Å². The Morgan fingerprint density at radius 3 is 2.50 bits per heavy atom. The molecule has 136 valence electrons. The number of rotatable bonds is 10. The Hall–Kier alpha value is -1.56. The number of hydrogen-bond donors (Lipinski definition) is 2. The monoisotopic (exact) mass is 353 g/mol. The SMILES string of the molecule is CCNC(=NCCCS(=O)(=O)Cc1ccccc1)NCCC(C)C. The molecule has 0 fully saturated rings. The molecule has 24 heavy (non-hydrogen) atoms. The van der Waals surface area contributed by atoms with Gasteiger partial charge in [0.1, 0.15) is 0 Å². The topological polar surface area (TPSA) is 70.6 Å². The highest BCUT2D eigenvalue weighted by Gasteiger charge is 2.11. The fourth-order valence-corrected chi connectivity index (χ4v) is 3.61. The molecule has 0 saturated carbocycles. The third-order valence-electron chi connectivity index (χ3n) is 3.47. The van der Waals surface area contributed by atoms with E-state index in [-0.39, 0.29) is 11.5 Å². The van der Waals surface area contributed by atoms with Crippen LogP contribution in [-0.2, 0) is 15.6 Å². The van der Waals surface area contributed by atoms with Crippen LogP contribution in [0.5, 0.6) is 0 Å². The molecule has 0 aromatic heterocycles. The van der Waals surface area contributed by atoms with Crippen LogP contribution in [0.3, 0.4) is 0 Å². The Kier molecular flexibility index (Phi) is 9.45. The summed E-state index contributed by atoms with van der Waals surface area (Å²) in [5.41, 5.74) is 0.838. The van der Waals surface area contributed by atoms with Gasteiger partial charge in [0.05, 0.1) is 11.5 Å². The minimum absolute atomic E-state index is 0.101. The lowest BCUT2D eigenvalue weighted by molar-refractivity contribution is 0.573. The van der Waals surface area contributed by atoms with Crippen molar-refractivity contribution >= 4 is 15.8 Å². The van der Waals surface area contributed by atoms with Crippen LogP contribution in [0.25, 0.3) is 0 Å². The second-order valence-corrected chi connectivity index (χ2v) is 8.49. The Bertz CT molecular complexity index is 584. The van der Waals surface area contributed by atoms with Crippen molar-refractivity contribution in [3.63, 3.8) is 0 Å². The summed E-state index contributed by atoms with van der Waals surface area (Å²) in [5, 5.41) is 6.46. The first-order chi connectivity index (χ1) is 11.4. The number of nitrogens with one attached hydrogen (secondary N) is 2. The molecule has 0 aliphatic heterocycles. The highest BCUT2D eigenvalue weighted by Crippen LogP contribution is 2.07. The normalized spacial score (nSPS) is 12.4. The fourth-order valence-electron chi connectivity index (χ4n) is 2.20. The molecule has 0 atom stereocenters. The van der Waals surface area contributed by atoms with Crippen molar-refractivity contribution in [2.75, 3.05) is 25.4 Å². The van der Waals surface area contributed by atoms with E-state index < -0.39 is 9.84 Å². The Morgan fingerprint density at radius 2 is 1.88 bits per heavy atom. The van der Waals surface area contributed by atoms with Crippen molar-refractivity contribution in [3.8, 4) is 0 Å². The molecule has 0 saturated heterocycles. The van der Waals surface area contributed by atoms with Crippen molar-refractivity contribution in [1.29, 1.82) is 0 Å². The lowest BCUT2D eigenvalue weighted by Gasteiger charge is -2.12. The Balaban J connectivity index is 2.39. The van der Waals surface area contributed by atoms with Gasteiger partial charge in [0.15, 0.2) is 15.8 Å². The minimum atomic E-state index is -3.08. The average molecular weight is 354 g/mol. The standard InChI is InChI=1S/C18H31N3O2S/c1-4-19-18(21-13-11-16(2)3)20-12-8-14-24(22,23)15-17-9-6-5-7-10-17/h5-7,9-10,16H,4,8,11-15H2,1-3H3,(H2,19,20,21). The smallest absolute Gasteiger partial charge is 0.191 e. The molecule has 5 nitrogen and oxygen atoms in total. The molecule has 0 bridgehead atoms. The van der Waals surface area contributed by atoms with Gasteiger partial charge in [-0.05, 0) is 31.2 Å². The van der Waals surface area contributed by atoms with Crippen molar-refractivity contribution in [1.82, 2.24) is 10.6 Å². The molecule has 0 heterocycles. The van der Waals surface area contributed by atoms with Crippen LogP contribution in [0.1, 0.15) is 39.2 Å². The number of guanidine groups is 1. The molecule has 1 rings (SSSR count). The molecular formula is C18H31N3O2S. The molecule has 0 radical (unpaired) electrons. The molecule has 1 aromatic carbocycles. The Labute approximate surface area is 146 Å². The fraction of sp³-hybridized carbons (Fsp3) is 0.611. The van der Waals surface area contributed by atoms with E-state index in [1.165, 1.54) is 0 Å². The molecule has 2 N–H and O–H groups in total. The van der Waals surface area contributed by atoms with Gasteiger partial charge in [-0.2, -0.15) is 0 Å². The van der Waals surface area contributed by atoms with Crippen LogP contribution in [0.15, 0.2) is 35.3 Å². The van der Waals surface area contributed by atoms with Gasteiger partial charge in [-0.3, -0.25) is 4.99 Å². The van der Waals surface area contributed by atoms with E-state index >= 15 is 0 Å². The first kappa shape index (κ1) is 20.5. The summed E-state index contributed by atoms with van der Waals surface area (Å²) < 4.78 is 24.3. The number of hydrogen-bond acceptors (Lipinski definition) is 3. The number of sulfone groups is 1. The van der Waals surface area contributed by atoms with Gasteiger partial charge in [-0.15, -0.1) is 0 Å². The average Bonchev–Trinajstić information content (AvgIpc) is 2.51. The summed E-state index contributed by atoms with van der Waals surface area (Å²) in [4.78, 5) is 4.45. The predicted molar refractivity (Wildman–Crippen MR) is 102 cm³/mol. The van der Waals surface area contributed by atoms with Crippen LogP contribution in [-0.4, -0.2) is 39.8 Å². The maximum atomic E-state index is 12.1. The third kappa shape index (κ3) is 9.55. The summed E-state index contributed by atoms with van der Waals surface area (Å²) >= 11 is 0. The quantitative estimate of drug-likeness (QED) is 0.385. The minimum Gasteiger partial charge on any atom is -0.357 e. The van der Waals surface area contributed by atoms with E-state index in [2.05, 4.69) is 29.5 Å². The molecule has 0 aliphatic rings. The molecule has 0 aliphatic carbocycles. The number of aliphatic imine (C=N–C) groups is 1. The van der Waals surface area contributed by atoms with Crippen molar-refractivity contribution < 1.29 is 8.42 Å². The van der Waals surface area contributed by atoms with Crippen molar-refractivity contribution in [2.24, 2.45) is 10.9 Å². The van der Waals surface area contributed by atoms with Gasteiger partial charge in [0.25, 0.3) is 0 Å². The van der Waals surface area contributed by atoms with Crippen LogP contribution >= 0.6 is 0 Å². The van der Waals surface area contributed by atoms with Crippen LogP contribution < -0.4 is 10.6 Å². The first-order valence-electron chi connectivity index (χ1n) is 8.69. The summed E-state index contributed by atoms with van der Waals surface area (Å²) in [7, 11) is -3.08. The maximum absolute atomic E-state index is 12.1. The second kappa shape index (κ2) is 11.1. The highest BCUT2D eigenvalue weighted by atomic mass is 32.2. The van der Waals surface area contributed by atoms with E-state index in [1.54, 1.807) is 0 Å². The van der Waals surface area contributed by atoms with Crippen molar-refractivity contribution in [2.45, 2.75) is 39.4 Å². The van der Waals surface area contributed by atoms with Gasteiger partial charge in [-0.25, -0.2) is 8.42 Å². The molecule has 0 unspecified atom stereocenters. The molecule has 0 spiro atoms. The Morgan fingerprint density at radius 1 is 1.17 bits per heavy atom. The van der Waals surface area contributed by atoms with Gasteiger partial charge in [0, 0.05) is 19.6 Å². The van der Waals surface area contributed by atoms with Crippen LogP contribution in [0.2, 0.25) is 0 Å². The summed E-state index contributed by atoms with van der Waals surface area (Å²) in [6, 6.07) is 9.30. The lowest BCUT2D eigenvalue weighted by atomic mass is 10.1. The van der Waals surface area contributed by atoms with Crippen molar-refractivity contribution in [3.05, 3.63) is 35.9 Å². The van der Waals surface area contributed by atoms with Gasteiger partial charge >= 0.3 is 0 Å². The number of benzene rings is 1. The van der Waals surface area contributed by atoms with Gasteiger partial charge in [0.2, 0.25) is 0 Å². The van der Waals surface area contributed by atoms with E-state index in [9.17, 15) is 8.42 Å². The van der Waals surface area contributed by atoms with Crippen LogP contribution in [0.4, 0.5) is 0 Å². The zero-order valence-corrected chi connectivity index (χ0v) is 15.9.